The highest BCUT2D eigenvalue weighted by Crippen LogP contribution is 2.19. The largest absolute Gasteiger partial charge is 0.467 e. The third-order valence-corrected chi connectivity index (χ3v) is 5.13. The molecule has 1 heterocycles. The van der Waals surface area contributed by atoms with Crippen molar-refractivity contribution in [2.45, 2.75) is 38.0 Å². The first-order valence-corrected chi connectivity index (χ1v) is 10.4. The summed E-state index contributed by atoms with van der Waals surface area (Å²) >= 11 is 0. The molecule has 8 heteroatoms. The minimum Gasteiger partial charge on any atom is -0.467 e. The molecule has 8 nitrogen and oxygen atoms in total. The highest BCUT2D eigenvalue weighted by atomic mass is 16.5. The van der Waals surface area contributed by atoms with Crippen molar-refractivity contribution in [2.24, 2.45) is 5.73 Å². The average molecular weight is 437 g/mol. The Hall–Kier alpha value is -3.65. The lowest BCUT2D eigenvalue weighted by Gasteiger charge is -2.17. The van der Waals surface area contributed by atoms with Gasteiger partial charge in [0, 0.05) is 29.9 Å². The van der Waals surface area contributed by atoms with E-state index >= 15 is 0 Å². The van der Waals surface area contributed by atoms with E-state index in [1.807, 2.05) is 60.8 Å². The van der Waals surface area contributed by atoms with E-state index in [0.29, 0.717) is 0 Å². The molecule has 0 radical (unpaired) electrons. The maximum Gasteiger partial charge on any atom is 0.328 e. The van der Waals surface area contributed by atoms with Gasteiger partial charge in [-0.3, -0.25) is 9.59 Å². The number of benzene rings is 2. The van der Waals surface area contributed by atoms with Crippen molar-refractivity contribution in [1.82, 2.24) is 10.3 Å². The van der Waals surface area contributed by atoms with Gasteiger partial charge in [-0.15, -0.1) is 0 Å². The number of aromatic amines is 1. The molecule has 1 amide bonds. The van der Waals surface area contributed by atoms with Crippen LogP contribution < -0.4 is 11.1 Å². The molecule has 0 bridgehead atoms. The fraction of sp³-hybridized carbons (Fsp3) is 0.292. The Kier molecular flexibility index (Phi) is 7.99. The van der Waals surface area contributed by atoms with Gasteiger partial charge in [0.15, 0.2) is 0 Å². The summed E-state index contributed by atoms with van der Waals surface area (Å²) in [6.07, 6.45) is 2.16. The van der Waals surface area contributed by atoms with Gasteiger partial charge in [-0.05, 0) is 23.6 Å². The number of hydrogen-bond donors (Lipinski definition) is 3. The molecule has 0 fully saturated rings. The molecular weight excluding hydrogens is 410 g/mol. The number of para-hydroxylation sites is 1. The van der Waals surface area contributed by atoms with Gasteiger partial charge in [-0.25, -0.2) is 4.79 Å². The van der Waals surface area contributed by atoms with E-state index in [1.165, 1.54) is 7.11 Å². The van der Waals surface area contributed by atoms with Crippen molar-refractivity contribution < 1.29 is 23.9 Å². The number of hydrogen-bond acceptors (Lipinski definition) is 6. The van der Waals surface area contributed by atoms with Gasteiger partial charge in [0.25, 0.3) is 0 Å². The van der Waals surface area contributed by atoms with Crippen LogP contribution in [0.1, 0.15) is 24.0 Å². The van der Waals surface area contributed by atoms with Crippen LogP contribution in [-0.2, 0) is 36.9 Å². The second kappa shape index (κ2) is 11.1. The Labute approximate surface area is 186 Å². The van der Waals surface area contributed by atoms with Gasteiger partial charge in [0.05, 0.1) is 7.11 Å². The van der Waals surface area contributed by atoms with E-state index in [9.17, 15) is 14.4 Å². The molecule has 4 N–H and O–H groups in total. The van der Waals surface area contributed by atoms with Gasteiger partial charge in [0.2, 0.25) is 5.91 Å². The minimum atomic E-state index is -0.936. The van der Waals surface area contributed by atoms with Crippen molar-refractivity contribution in [2.75, 3.05) is 7.11 Å². The topological polar surface area (TPSA) is 124 Å². The monoisotopic (exact) mass is 437 g/mol. The van der Waals surface area contributed by atoms with Crippen LogP contribution in [0.15, 0.2) is 60.8 Å². The number of rotatable bonds is 10. The lowest BCUT2D eigenvalue weighted by atomic mass is 10.0. The Balaban J connectivity index is 1.51. The van der Waals surface area contributed by atoms with Crippen LogP contribution >= 0.6 is 0 Å². The second-order valence-electron chi connectivity index (χ2n) is 7.45. The number of aromatic nitrogens is 1. The summed E-state index contributed by atoms with van der Waals surface area (Å²) in [6, 6.07) is 15.2. The smallest absolute Gasteiger partial charge is 0.328 e. The van der Waals surface area contributed by atoms with Crippen LogP contribution in [-0.4, -0.2) is 42.0 Å². The van der Waals surface area contributed by atoms with Crippen LogP contribution in [0.4, 0.5) is 0 Å². The standard InChI is InChI=1S/C24H27N3O5/c1-31-24(30)21(13-17-14-26-20-10-6-5-9-18(17)20)27-22(28)12-11-19(25)23(29)32-15-16-7-3-2-4-8-16/h2-10,14,19,21,26H,11-13,15,25H2,1H3,(H,27,28)/t19-,21?/m1/s1. The first kappa shape index (κ1) is 23.0. The summed E-state index contributed by atoms with van der Waals surface area (Å²) in [4.78, 5) is 39.9. The average Bonchev–Trinajstić information content (AvgIpc) is 3.23. The zero-order chi connectivity index (χ0) is 22.9. The molecule has 0 spiro atoms. The molecule has 3 rings (SSSR count). The van der Waals surface area contributed by atoms with Gasteiger partial charge in [-0.1, -0.05) is 48.5 Å². The summed E-state index contributed by atoms with van der Waals surface area (Å²) in [7, 11) is 1.27. The molecule has 32 heavy (non-hydrogen) atoms. The SMILES string of the molecule is COC(=O)C(Cc1c[nH]c2ccccc12)NC(=O)CC[C@@H](N)C(=O)OCc1ccccc1. The van der Waals surface area contributed by atoms with Gasteiger partial charge in [-0.2, -0.15) is 0 Å². The molecule has 0 saturated heterocycles. The van der Waals surface area contributed by atoms with Crippen LogP contribution in [0.5, 0.6) is 0 Å². The third kappa shape index (κ3) is 6.18. The number of carbonyl (C=O) groups is 3. The third-order valence-electron chi connectivity index (χ3n) is 5.13. The highest BCUT2D eigenvalue weighted by molar-refractivity contribution is 5.87. The molecule has 0 aliphatic rings. The number of nitrogens with one attached hydrogen (secondary N) is 2. The number of nitrogens with two attached hydrogens (primary N) is 1. The predicted octanol–water partition coefficient (Wildman–Crippen LogP) is 2.22. The lowest BCUT2D eigenvalue weighted by Crippen LogP contribution is -2.43. The molecule has 0 aliphatic carbocycles. The van der Waals surface area contributed by atoms with Crippen molar-refractivity contribution in [3.63, 3.8) is 0 Å². The first-order valence-electron chi connectivity index (χ1n) is 10.4. The number of methoxy groups -OCH3 is 1. The van der Waals surface area contributed by atoms with Crippen LogP contribution in [0.25, 0.3) is 10.9 Å². The summed E-state index contributed by atoms with van der Waals surface area (Å²) in [5.74, 6) is -1.52. The highest BCUT2D eigenvalue weighted by Gasteiger charge is 2.24. The van der Waals surface area contributed by atoms with Crippen molar-refractivity contribution >= 4 is 28.7 Å². The molecule has 0 aliphatic heterocycles. The van der Waals surface area contributed by atoms with Gasteiger partial charge >= 0.3 is 11.9 Å². The van der Waals surface area contributed by atoms with Crippen molar-refractivity contribution in [3.05, 3.63) is 71.9 Å². The Morgan fingerprint density at radius 2 is 1.75 bits per heavy atom. The zero-order valence-corrected chi connectivity index (χ0v) is 17.9. The first-order chi connectivity index (χ1) is 15.5. The fourth-order valence-electron chi connectivity index (χ4n) is 3.36. The Bertz CT molecular complexity index is 1060. The summed E-state index contributed by atoms with van der Waals surface area (Å²) in [5.41, 5.74) is 8.55. The predicted molar refractivity (Wildman–Crippen MR) is 119 cm³/mol. The quantitative estimate of drug-likeness (QED) is 0.418. The second-order valence-corrected chi connectivity index (χ2v) is 7.45. The van der Waals surface area contributed by atoms with Crippen LogP contribution in [0, 0.1) is 0 Å². The van der Waals surface area contributed by atoms with Crippen LogP contribution in [0.3, 0.4) is 0 Å². The fourth-order valence-corrected chi connectivity index (χ4v) is 3.36. The van der Waals surface area contributed by atoms with E-state index < -0.39 is 29.9 Å². The van der Waals surface area contributed by atoms with Crippen LogP contribution in [0.2, 0.25) is 0 Å². The molecule has 2 atom stereocenters. The number of ether oxygens (including phenoxy) is 2. The number of amides is 1. The minimum absolute atomic E-state index is 0.0248. The Morgan fingerprint density at radius 3 is 2.50 bits per heavy atom. The van der Waals surface area contributed by atoms with E-state index in [1.54, 1.807) is 0 Å². The summed E-state index contributed by atoms with van der Waals surface area (Å²) < 4.78 is 10.0. The van der Waals surface area contributed by atoms with E-state index in [2.05, 4.69) is 10.3 Å². The Morgan fingerprint density at radius 1 is 1.03 bits per heavy atom. The molecule has 0 saturated carbocycles. The normalized spacial score (nSPS) is 12.7. The lowest BCUT2D eigenvalue weighted by molar-refractivity contribution is -0.147. The number of carbonyl (C=O) groups excluding carboxylic acids is 3. The van der Waals surface area contributed by atoms with Crippen molar-refractivity contribution in [1.29, 1.82) is 0 Å². The molecule has 1 aromatic heterocycles. The zero-order valence-electron chi connectivity index (χ0n) is 17.9. The van der Waals surface area contributed by atoms with Gasteiger partial charge < -0.3 is 25.5 Å². The number of esters is 2. The van der Waals surface area contributed by atoms with E-state index in [-0.39, 0.29) is 25.9 Å². The molecular formula is C24H27N3O5. The molecule has 2 aromatic carbocycles. The van der Waals surface area contributed by atoms with E-state index in [4.69, 9.17) is 15.2 Å². The van der Waals surface area contributed by atoms with E-state index in [0.717, 1.165) is 22.0 Å². The maximum absolute atomic E-state index is 12.4. The molecule has 1 unspecified atom stereocenters. The summed E-state index contributed by atoms with van der Waals surface area (Å²) in [5, 5.41) is 3.66. The number of fused-ring (bicyclic) bond motifs is 1. The maximum atomic E-state index is 12.4. The molecule has 3 aromatic rings. The van der Waals surface area contributed by atoms with Gasteiger partial charge in [0.1, 0.15) is 18.7 Å². The summed E-state index contributed by atoms with van der Waals surface area (Å²) in [6.45, 7) is 0.120. The molecule has 168 valence electrons. The van der Waals surface area contributed by atoms with Crippen molar-refractivity contribution in [3.8, 4) is 0 Å². The number of H-pyrrole nitrogens is 1.